The minimum Gasteiger partial charge on any atom is -0.497 e. The van der Waals surface area contributed by atoms with Crippen LogP contribution in [-0.2, 0) is 11.2 Å². The van der Waals surface area contributed by atoms with Crippen LogP contribution in [0.15, 0.2) is 29.4 Å². The van der Waals surface area contributed by atoms with Crippen molar-refractivity contribution < 1.29 is 9.53 Å². The van der Waals surface area contributed by atoms with Crippen LogP contribution < -0.4 is 15.9 Å². The first-order valence-electron chi connectivity index (χ1n) is 9.36. The average molecular weight is 390 g/mol. The summed E-state index contributed by atoms with van der Waals surface area (Å²) in [5.74, 6) is 7.65. The van der Waals surface area contributed by atoms with Crippen molar-refractivity contribution in [3.05, 3.63) is 35.7 Å². The second kappa shape index (κ2) is 9.12. The summed E-state index contributed by atoms with van der Waals surface area (Å²) in [6.45, 7) is 1.88. The highest BCUT2D eigenvalue weighted by Crippen LogP contribution is 2.23. The lowest BCUT2D eigenvalue weighted by Gasteiger charge is -2.24. The van der Waals surface area contributed by atoms with Crippen LogP contribution in [-0.4, -0.2) is 39.2 Å². The molecule has 1 aromatic carbocycles. The number of carbonyl (C=O) groups excluding carboxylic acids is 1. The monoisotopic (exact) mass is 389 g/mol. The second-order valence-electron chi connectivity index (χ2n) is 6.90. The van der Waals surface area contributed by atoms with Gasteiger partial charge in [-0.05, 0) is 37.5 Å². The van der Waals surface area contributed by atoms with Crippen LogP contribution in [0.1, 0.15) is 50.4 Å². The molecule has 0 saturated heterocycles. The Hall–Kier alpha value is -2.22. The Balaban J connectivity index is 1.57. The molecule has 1 aliphatic rings. The van der Waals surface area contributed by atoms with Gasteiger partial charge in [0.15, 0.2) is 5.82 Å². The van der Waals surface area contributed by atoms with Crippen molar-refractivity contribution in [2.75, 3.05) is 13.0 Å². The topological polar surface area (TPSA) is 95.1 Å². The summed E-state index contributed by atoms with van der Waals surface area (Å²) in [7, 11) is 1.64. The maximum absolute atomic E-state index is 12.4. The number of nitrogens with two attached hydrogens (primary N) is 1. The lowest BCUT2D eigenvalue weighted by Crippen LogP contribution is -2.40. The first-order valence-corrected chi connectivity index (χ1v) is 10.2. The van der Waals surface area contributed by atoms with Crippen LogP contribution >= 0.6 is 11.8 Å². The normalized spacial score (nSPS) is 16.1. The van der Waals surface area contributed by atoms with Gasteiger partial charge in [-0.1, -0.05) is 43.2 Å². The number of carbonyl (C=O) groups is 1. The standard InChI is InChI=1S/C19H27N5O2S/c1-13(18(25)21-15-6-4-3-5-7-15)27-19-23-22-17(24(19)20)12-14-8-10-16(26-2)11-9-14/h8-11,13,15H,3-7,12,20H2,1-2H3,(H,21,25). The number of nitrogens with zero attached hydrogens (tertiary/aromatic N) is 3. The van der Waals surface area contributed by atoms with E-state index in [9.17, 15) is 4.79 Å². The quantitative estimate of drug-likeness (QED) is 0.558. The molecule has 27 heavy (non-hydrogen) atoms. The average Bonchev–Trinajstić information content (AvgIpc) is 3.03. The molecule has 1 atom stereocenters. The summed E-state index contributed by atoms with van der Waals surface area (Å²) in [6, 6.07) is 8.05. The van der Waals surface area contributed by atoms with Crippen LogP contribution in [0.4, 0.5) is 0 Å². The molecular weight excluding hydrogens is 362 g/mol. The number of rotatable bonds is 7. The molecule has 0 bridgehead atoms. The molecule has 0 spiro atoms. The fourth-order valence-corrected chi connectivity index (χ4v) is 4.01. The molecular formula is C19H27N5O2S. The van der Waals surface area contributed by atoms with Crippen molar-refractivity contribution in [2.24, 2.45) is 0 Å². The number of ether oxygens (including phenoxy) is 1. The Morgan fingerprint density at radius 1 is 1.30 bits per heavy atom. The van der Waals surface area contributed by atoms with Gasteiger partial charge in [-0.2, -0.15) is 0 Å². The number of thioether (sulfide) groups is 1. The zero-order chi connectivity index (χ0) is 19.2. The first-order chi connectivity index (χ1) is 13.1. The lowest BCUT2D eigenvalue weighted by molar-refractivity contribution is -0.121. The summed E-state index contributed by atoms with van der Waals surface area (Å²) in [6.07, 6.45) is 6.36. The lowest BCUT2D eigenvalue weighted by atomic mass is 9.95. The van der Waals surface area contributed by atoms with Crippen LogP contribution in [0.5, 0.6) is 5.75 Å². The minimum atomic E-state index is -0.271. The number of methoxy groups -OCH3 is 1. The molecule has 8 heteroatoms. The Morgan fingerprint density at radius 2 is 2.00 bits per heavy atom. The van der Waals surface area contributed by atoms with E-state index in [0.29, 0.717) is 23.4 Å². The molecule has 2 aromatic rings. The molecule has 1 aromatic heterocycles. The highest BCUT2D eigenvalue weighted by atomic mass is 32.2. The van der Waals surface area contributed by atoms with E-state index in [1.807, 2.05) is 31.2 Å². The van der Waals surface area contributed by atoms with E-state index in [0.717, 1.165) is 24.2 Å². The van der Waals surface area contributed by atoms with Gasteiger partial charge < -0.3 is 15.9 Å². The highest BCUT2D eigenvalue weighted by Gasteiger charge is 2.22. The van der Waals surface area contributed by atoms with E-state index in [1.54, 1.807) is 7.11 Å². The molecule has 0 radical (unpaired) electrons. The molecule has 1 unspecified atom stereocenters. The van der Waals surface area contributed by atoms with Gasteiger partial charge in [0, 0.05) is 12.5 Å². The van der Waals surface area contributed by atoms with Gasteiger partial charge in [0.2, 0.25) is 11.1 Å². The third-order valence-electron chi connectivity index (χ3n) is 4.86. The van der Waals surface area contributed by atoms with Crippen LogP contribution in [0.25, 0.3) is 0 Å². The zero-order valence-corrected chi connectivity index (χ0v) is 16.7. The molecule has 7 nitrogen and oxygen atoms in total. The third-order valence-corrected chi connectivity index (χ3v) is 5.92. The third kappa shape index (κ3) is 5.15. The van der Waals surface area contributed by atoms with E-state index >= 15 is 0 Å². The predicted molar refractivity (Wildman–Crippen MR) is 106 cm³/mol. The number of nitrogens with one attached hydrogen (secondary N) is 1. The molecule has 1 heterocycles. The van der Waals surface area contributed by atoms with Crippen molar-refractivity contribution in [3.8, 4) is 5.75 Å². The van der Waals surface area contributed by atoms with Crippen molar-refractivity contribution in [3.63, 3.8) is 0 Å². The number of aromatic nitrogens is 3. The predicted octanol–water partition coefficient (Wildman–Crippen LogP) is 2.52. The van der Waals surface area contributed by atoms with Gasteiger partial charge >= 0.3 is 0 Å². The van der Waals surface area contributed by atoms with E-state index in [2.05, 4.69) is 15.5 Å². The van der Waals surface area contributed by atoms with Gasteiger partial charge in [-0.15, -0.1) is 10.2 Å². The Bertz CT molecular complexity index is 756. The minimum absolute atomic E-state index is 0.0339. The van der Waals surface area contributed by atoms with Gasteiger partial charge in [0.05, 0.1) is 12.4 Å². The van der Waals surface area contributed by atoms with Gasteiger partial charge in [0.1, 0.15) is 5.75 Å². The molecule has 3 N–H and O–H groups in total. The van der Waals surface area contributed by atoms with E-state index in [-0.39, 0.29) is 11.2 Å². The fraction of sp³-hybridized carbons (Fsp3) is 0.526. The molecule has 1 amide bonds. The summed E-state index contributed by atoms with van der Waals surface area (Å²) in [5, 5.41) is 11.8. The van der Waals surface area contributed by atoms with Gasteiger partial charge in [0.25, 0.3) is 0 Å². The maximum Gasteiger partial charge on any atom is 0.233 e. The number of nitrogen functional groups attached to an aromatic ring is 1. The zero-order valence-electron chi connectivity index (χ0n) is 15.9. The largest absolute Gasteiger partial charge is 0.497 e. The molecule has 1 fully saturated rings. The SMILES string of the molecule is COc1ccc(Cc2nnc(SC(C)C(=O)NC3CCCCC3)n2N)cc1. The molecule has 146 valence electrons. The Labute approximate surface area is 164 Å². The van der Waals surface area contributed by atoms with Crippen LogP contribution in [0.3, 0.4) is 0 Å². The summed E-state index contributed by atoms with van der Waals surface area (Å²) in [5.41, 5.74) is 1.06. The number of hydrogen-bond donors (Lipinski definition) is 2. The maximum atomic E-state index is 12.4. The molecule has 3 rings (SSSR count). The Kier molecular flexibility index (Phi) is 6.60. The van der Waals surface area contributed by atoms with Crippen molar-refractivity contribution in [1.29, 1.82) is 0 Å². The summed E-state index contributed by atoms with van der Waals surface area (Å²) < 4.78 is 6.64. The number of hydrogen-bond acceptors (Lipinski definition) is 6. The Morgan fingerprint density at radius 3 is 2.67 bits per heavy atom. The van der Waals surface area contributed by atoms with Gasteiger partial charge in [-0.3, -0.25) is 4.79 Å². The van der Waals surface area contributed by atoms with E-state index in [4.69, 9.17) is 10.6 Å². The fourth-order valence-electron chi connectivity index (χ4n) is 3.21. The molecule has 1 aliphatic carbocycles. The molecule has 1 saturated carbocycles. The van der Waals surface area contributed by atoms with Crippen molar-refractivity contribution in [2.45, 2.75) is 61.9 Å². The smallest absolute Gasteiger partial charge is 0.233 e. The van der Waals surface area contributed by atoms with Crippen LogP contribution in [0, 0.1) is 0 Å². The van der Waals surface area contributed by atoms with Gasteiger partial charge in [-0.25, -0.2) is 4.68 Å². The summed E-state index contributed by atoms with van der Waals surface area (Å²) in [4.78, 5) is 12.4. The second-order valence-corrected chi connectivity index (χ2v) is 8.21. The summed E-state index contributed by atoms with van der Waals surface area (Å²) >= 11 is 1.34. The molecule has 0 aliphatic heterocycles. The number of benzene rings is 1. The number of amides is 1. The highest BCUT2D eigenvalue weighted by molar-refractivity contribution is 8.00. The van der Waals surface area contributed by atoms with E-state index in [1.165, 1.54) is 35.7 Å². The van der Waals surface area contributed by atoms with Crippen molar-refractivity contribution >= 4 is 17.7 Å². The van der Waals surface area contributed by atoms with E-state index < -0.39 is 0 Å². The first kappa shape index (κ1) is 19.5. The van der Waals surface area contributed by atoms with Crippen molar-refractivity contribution in [1.82, 2.24) is 20.2 Å². The van der Waals surface area contributed by atoms with Crippen LogP contribution in [0.2, 0.25) is 0 Å².